The van der Waals surface area contributed by atoms with Crippen LogP contribution in [0.1, 0.15) is 18.2 Å². The van der Waals surface area contributed by atoms with Crippen molar-refractivity contribution >= 4 is 0 Å². The largest absolute Gasteiger partial charge is 0.392 e. The Kier molecular flexibility index (Phi) is 3.25. The van der Waals surface area contributed by atoms with E-state index in [9.17, 15) is 0 Å². The standard InChI is InChI=1S/C8H15N3O/c1-6(12)3-9-4-8-5-10-11-7(8)2/h5-6,9,12H,3-4H2,1-2H3,(H,10,11)/t6-/m0/s1. The molecule has 0 aliphatic carbocycles. The second-order valence-electron chi connectivity index (χ2n) is 3.00. The summed E-state index contributed by atoms with van der Waals surface area (Å²) in [4.78, 5) is 0. The first-order valence-electron chi connectivity index (χ1n) is 4.07. The number of rotatable bonds is 4. The highest BCUT2D eigenvalue weighted by atomic mass is 16.3. The van der Waals surface area contributed by atoms with Gasteiger partial charge >= 0.3 is 0 Å². The Morgan fingerprint density at radius 1 is 1.75 bits per heavy atom. The third-order valence-electron chi connectivity index (χ3n) is 1.69. The molecule has 1 atom stereocenters. The first-order chi connectivity index (χ1) is 5.70. The molecule has 0 saturated carbocycles. The van der Waals surface area contributed by atoms with Gasteiger partial charge in [-0.3, -0.25) is 5.10 Å². The van der Waals surface area contributed by atoms with Crippen LogP contribution in [0.25, 0.3) is 0 Å². The molecule has 3 N–H and O–H groups in total. The van der Waals surface area contributed by atoms with Crippen LogP contribution in [0.15, 0.2) is 6.20 Å². The molecule has 0 bridgehead atoms. The topological polar surface area (TPSA) is 60.9 Å². The van der Waals surface area contributed by atoms with Gasteiger partial charge in [-0.25, -0.2) is 0 Å². The van der Waals surface area contributed by atoms with Gasteiger partial charge in [0.2, 0.25) is 0 Å². The zero-order chi connectivity index (χ0) is 8.97. The molecule has 0 radical (unpaired) electrons. The zero-order valence-electron chi connectivity index (χ0n) is 7.46. The van der Waals surface area contributed by atoms with Gasteiger partial charge in [-0.15, -0.1) is 0 Å². The van der Waals surface area contributed by atoms with E-state index in [1.807, 2.05) is 6.92 Å². The second kappa shape index (κ2) is 4.23. The Labute approximate surface area is 72.0 Å². The molecule has 12 heavy (non-hydrogen) atoms. The molecule has 0 amide bonds. The van der Waals surface area contributed by atoms with E-state index in [4.69, 9.17) is 5.11 Å². The zero-order valence-corrected chi connectivity index (χ0v) is 7.46. The van der Waals surface area contributed by atoms with Crippen LogP contribution in [0.5, 0.6) is 0 Å². The lowest BCUT2D eigenvalue weighted by Gasteiger charge is -2.05. The Bertz CT molecular complexity index is 232. The number of aliphatic hydroxyl groups is 1. The molecule has 4 heteroatoms. The summed E-state index contributed by atoms with van der Waals surface area (Å²) in [6.07, 6.45) is 1.50. The molecule has 0 aromatic carbocycles. The molecule has 0 fully saturated rings. The fourth-order valence-electron chi connectivity index (χ4n) is 0.970. The van der Waals surface area contributed by atoms with Crippen LogP contribution in [-0.4, -0.2) is 28.0 Å². The Morgan fingerprint density at radius 3 is 3.00 bits per heavy atom. The van der Waals surface area contributed by atoms with Gasteiger partial charge in [0.15, 0.2) is 0 Å². The van der Waals surface area contributed by atoms with E-state index in [1.54, 1.807) is 13.1 Å². The molecule has 0 unspecified atom stereocenters. The van der Waals surface area contributed by atoms with Crippen LogP contribution in [0, 0.1) is 6.92 Å². The van der Waals surface area contributed by atoms with E-state index in [-0.39, 0.29) is 6.10 Å². The van der Waals surface area contributed by atoms with Gasteiger partial charge in [-0.2, -0.15) is 5.10 Å². The van der Waals surface area contributed by atoms with E-state index in [0.29, 0.717) is 6.54 Å². The highest BCUT2D eigenvalue weighted by molar-refractivity contribution is 5.13. The van der Waals surface area contributed by atoms with E-state index < -0.39 is 0 Å². The van der Waals surface area contributed by atoms with Gasteiger partial charge in [-0.05, 0) is 13.8 Å². The van der Waals surface area contributed by atoms with Gasteiger partial charge in [0.1, 0.15) is 0 Å². The average Bonchev–Trinajstić information content (AvgIpc) is 2.36. The highest BCUT2D eigenvalue weighted by Gasteiger charge is 1.99. The number of aryl methyl sites for hydroxylation is 1. The van der Waals surface area contributed by atoms with Gasteiger partial charge < -0.3 is 10.4 Å². The van der Waals surface area contributed by atoms with E-state index in [1.165, 1.54) is 0 Å². The minimum atomic E-state index is -0.294. The number of H-pyrrole nitrogens is 1. The van der Waals surface area contributed by atoms with Crippen LogP contribution in [0.4, 0.5) is 0 Å². The number of hydrogen-bond acceptors (Lipinski definition) is 3. The van der Waals surface area contributed by atoms with Crippen molar-refractivity contribution < 1.29 is 5.11 Å². The minimum absolute atomic E-state index is 0.294. The fraction of sp³-hybridized carbons (Fsp3) is 0.625. The minimum Gasteiger partial charge on any atom is -0.392 e. The summed E-state index contributed by atoms with van der Waals surface area (Å²) in [5.74, 6) is 0. The van der Waals surface area contributed by atoms with Gasteiger partial charge in [0.25, 0.3) is 0 Å². The van der Waals surface area contributed by atoms with Gasteiger partial charge in [-0.1, -0.05) is 0 Å². The molecule has 1 aromatic rings. The molecule has 1 aromatic heterocycles. The number of aromatic nitrogens is 2. The maximum absolute atomic E-state index is 8.96. The molecule has 0 aliphatic rings. The number of aromatic amines is 1. The van der Waals surface area contributed by atoms with Crippen LogP contribution in [-0.2, 0) is 6.54 Å². The summed E-state index contributed by atoms with van der Waals surface area (Å²) in [5.41, 5.74) is 2.23. The summed E-state index contributed by atoms with van der Waals surface area (Å²) in [6.45, 7) is 5.11. The van der Waals surface area contributed by atoms with Gasteiger partial charge in [0.05, 0.1) is 12.3 Å². The summed E-state index contributed by atoms with van der Waals surface area (Å²) in [6, 6.07) is 0. The first-order valence-corrected chi connectivity index (χ1v) is 4.07. The lowest BCUT2D eigenvalue weighted by Crippen LogP contribution is -2.23. The van der Waals surface area contributed by atoms with Crippen molar-refractivity contribution in [3.05, 3.63) is 17.5 Å². The molecule has 4 nitrogen and oxygen atoms in total. The molecule has 0 saturated heterocycles. The third kappa shape index (κ3) is 2.64. The SMILES string of the molecule is Cc1[nH]ncc1CNC[C@H](C)O. The number of aliphatic hydroxyl groups excluding tert-OH is 1. The molecular weight excluding hydrogens is 154 g/mol. The predicted octanol–water partition coefficient (Wildman–Crippen LogP) is 0.189. The lowest BCUT2D eigenvalue weighted by molar-refractivity contribution is 0.191. The van der Waals surface area contributed by atoms with E-state index in [2.05, 4.69) is 15.5 Å². The summed E-state index contributed by atoms with van der Waals surface area (Å²) >= 11 is 0. The van der Waals surface area contributed by atoms with Crippen LogP contribution >= 0.6 is 0 Å². The van der Waals surface area contributed by atoms with Crippen molar-refractivity contribution in [2.45, 2.75) is 26.5 Å². The van der Waals surface area contributed by atoms with E-state index >= 15 is 0 Å². The Morgan fingerprint density at radius 2 is 2.50 bits per heavy atom. The number of nitrogens with one attached hydrogen (secondary N) is 2. The van der Waals surface area contributed by atoms with E-state index in [0.717, 1.165) is 17.8 Å². The molecule has 68 valence electrons. The van der Waals surface area contributed by atoms with Crippen molar-refractivity contribution in [3.8, 4) is 0 Å². The molecule has 1 heterocycles. The molecule has 1 rings (SSSR count). The maximum Gasteiger partial charge on any atom is 0.0636 e. The molecule has 0 spiro atoms. The van der Waals surface area contributed by atoms with Crippen molar-refractivity contribution in [1.82, 2.24) is 15.5 Å². The maximum atomic E-state index is 8.96. The van der Waals surface area contributed by atoms with Crippen molar-refractivity contribution in [1.29, 1.82) is 0 Å². The smallest absolute Gasteiger partial charge is 0.0636 e. The van der Waals surface area contributed by atoms with Gasteiger partial charge in [0, 0.05) is 24.3 Å². The Hall–Kier alpha value is -0.870. The normalized spacial score (nSPS) is 13.2. The summed E-state index contributed by atoms with van der Waals surface area (Å²) in [7, 11) is 0. The second-order valence-corrected chi connectivity index (χ2v) is 3.00. The number of nitrogens with zero attached hydrogens (tertiary/aromatic N) is 1. The Balaban J connectivity index is 2.29. The van der Waals surface area contributed by atoms with Crippen LogP contribution in [0.3, 0.4) is 0 Å². The first kappa shape index (κ1) is 9.22. The highest BCUT2D eigenvalue weighted by Crippen LogP contribution is 2.00. The molecule has 0 aliphatic heterocycles. The van der Waals surface area contributed by atoms with Crippen LogP contribution in [0.2, 0.25) is 0 Å². The lowest BCUT2D eigenvalue weighted by atomic mass is 10.2. The fourth-order valence-corrected chi connectivity index (χ4v) is 0.970. The summed E-state index contributed by atoms with van der Waals surface area (Å²) < 4.78 is 0. The quantitative estimate of drug-likeness (QED) is 0.603. The number of hydrogen-bond donors (Lipinski definition) is 3. The van der Waals surface area contributed by atoms with Crippen molar-refractivity contribution in [3.63, 3.8) is 0 Å². The summed E-state index contributed by atoms with van der Waals surface area (Å²) in [5, 5.41) is 18.8. The predicted molar refractivity (Wildman–Crippen MR) is 46.7 cm³/mol. The third-order valence-corrected chi connectivity index (χ3v) is 1.69. The monoisotopic (exact) mass is 169 g/mol. The average molecular weight is 169 g/mol. The van der Waals surface area contributed by atoms with Crippen LogP contribution < -0.4 is 5.32 Å². The van der Waals surface area contributed by atoms with Crippen molar-refractivity contribution in [2.24, 2.45) is 0 Å². The molecular formula is C8H15N3O. The van der Waals surface area contributed by atoms with Crippen molar-refractivity contribution in [2.75, 3.05) is 6.54 Å².